The van der Waals surface area contributed by atoms with E-state index in [1.54, 1.807) is 25.2 Å². The minimum absolute atomic E-state index is 0.292. The molecule has 1 unspecified atom stereocenters. The molecule has 0 spiro atoms. The van der Waals surface area contributed by atoms with Gasteiger partial charge in [-0.15, -0.1) is 0 Å². The number of benzene rings is 1. The van der Waals surface area contributed by atoms with Gasteiger partial charge in [0, 0.05) is 24.7 Å². The van der Waals surface area contributed by atoms with Crippen LogP contribution >= 0.6 is 15.9 Å². The number of rotatable bonds is 4. The van der Waals surface area contributed by atoms with Crippen molar-refractivity contribution in [2.24, 2.45) is 5.92 Å². The van der Waals surface area contributed by atoms with E-state index in [1.165, 1.54) is 4.31 Å². The van der Waals surface area contributed by atoms with Crippen molar-refractivity contribution in [1.29, 1.82) is 0 Å². The van der Waals surface area contributed by atoms with Gasteiger partial charge in [-0.1, -0.05) is 22.0 Å². The predicted molar refractivity (Wildman–Crippen MR) is 77.5 cm³/mol. The minimum Gasteiger partial charge on any atom is -0.381 e. The van der Waals surface area contributed by atoms with Gasteiger partial charge in [-0.05, 0) is 37.0 Å². The van der Waals surface area contributed by atoms with Crippen molar-refractivity contribution in [2.45, 2.75) is 17.7 Å². The van der Waals surface area contributed by atoms with E-state index in [0.29, 0.717) is 24.0 Å². The highest BCUT2D eigenvalue weighted by Crippen LogP contribution is 2.21. The zero-order valence-electron chi connectivity index (χ0n) is 10.9. The largest absolute Gasteiger partial charge is 0.381 e. The third-order valence-corrected chi connectivity index (χ3v) is 5.59. The fourth-order valence-electron chi connectivity index (χ4n) is 2.22. The quantitative estimate of drug-likeness (QED) is 0.840. The van der Waals surface area contributed by atoms with Crippen LogP contribution in [0, 0.1) is 5.92 Å². The maximum Gasteiger partial charge on any atom is 0.242 e. The molecule has 1 aromatic rings. The van der Waals surface area contributed by atoms with Gasteiger partial charge in [0.2, 0.25) is 10.0 Å². The Kier molecular flexibility index (Phi) is 5.00. The lowest BCUT2D eigenvalue weighted by atomic mass is 10.0. The van der Waals surface area contributed by atoms with Crippen molar-refractivity contribution in [2.75, 3.05) is 26.8 Å². The summed E-state index contributed by atoms with van der Waals surface area (Å²) in [5, 5.41) is 0. The van der Waals surface area contributed by atoms with E-state index in [1.807, 2.05) is 6.07 Å². The second kappa shape index (κ2) is 6.35. The molecule has 1 aliphatic heterocycles. The molecule has 1 aliphatic rings. The van der Waals surface area contributed by atoms with Crippen LogP contribution in [-0.2, 0) is 14.8 Å². The minimum atomic E-state index is -3.41. The van der Waals surface area contributed by atoms with E-state index in [9.17, 15) is 8.42 Å². The van der Waals surface area contributed by atoms with Gasteiger partial charge in [0.05, 0.1) is 11.5 Å². The standard InChI is InChI=1S/C13H18BrNO3S/c1-15(9-11-4-3-7-18-10-11)19(16,17)13-6-2-5-12(14)8-13/h2,5-6,8,11H,3-4,7,9-10H2,1H3. The van der Waals surface area contributed by atoms with Crippen LogP contribution in [0.3, 0.4) is 0 Å². The first-order chi connectivity index (χ1) is 9.00. The van der Waals surface area contributed by atoms with Crippen molar-refractivity contribution in [3.63, 3.8) is 0 Å². The molecule has 0 amide bonds. The Balaban J connectivity index is 2.10. The van der Waals surface area contributed by atoms with Crippen molar-refractivity contribution in [1.82, 2.24) is 4.31 Å². The number of sulfonamides is 1. The van der Waals surface area contributed by atoms with Crippen LogP contribution < -0.4 is 0 Å². The molecule has 1 saturated heterocycles. The molecule has 4 nitrogen and oxygen atoms in total. The molecule has 1 aromatic carbocycles. The molecule has 0 aromatic heterocycles. The predicted octanol–water partition coefficient (Wildman–Crippen LogP) is 2.50. The van der Waals surface area contributed by atoms with E-state index < -0.39 is 10.0 Å². The highest BCUT2D eigenvalue weighted by Gasteiger charge is 2.25. The fraction of sp³-hybridized carbons (Fsp3) is 0.538. The number of hydrogen-bond donors (Lipinski definition) is 0. The first kappa shape index (κ1) is 15.0. The summed E-state index contributed by atoms with van der Waals surface area (Å²) in [5.41, 5.74) is 0. The zero-order chi connectivity index (χ0) is 13.9. The average Bonchev–Trinajstić information content (AvgIpc) is 2.40. The van der Waals surface area contributed by atoms with E-state index in [2.05, 4.69) is 15.9 Å². The molecule has 106 valence electrons. The van der Waals surface area contributed by atoms with Crippen LogP contribution in [0.4, 0.5) is 0 Å². The topological polar surface area (TPSA) is 46.6 Å². The molecule has 0 N–H and O–H groups in total. The number of hydrogen-bond acceptors (Lipinski definition) is 3. The molecule has 0 aliphatic carbocycles. The summed E-state index contributed by atoms with van der Waals surface area (Å²) in [4.78, 5) is 0.320. The van der Waals surface area contributed by atoms with Crippen LogP contribution in [0.5, 0.6) is 0 Å². The third kappa shape index (κ3) is 3.78. The number of ether oxygens (including phenoxy) is 1. The summed E-state index contributed by atoms with van der Waals surface area (Å²) >= 11 is 3.30. The number of nitrogens with zero attached hydrogens (tertiary/aromatic N) is 1. The Hall–Kier alpha value is -0.430. The lowest BCUT2D eigenvalue weighted by Gasteiger charge is -2.26. The van der Waals surface area contributed by atoms with Crippen LogP contribution in [0.25, 0.3) is 0 Å². The van der Waals surface area contributed by atoms with Gasteiger partial charge in [-0.2, -0.15) is 0 Å². The van der Waals surface area contributed by atoms with Crippen molar-refractivity contribution in [3.8, 4) is 0 Å². The summed E-state index contributed by atoms with van der Waals surface area (Å²) in [5.74, 6) is 0.292. The van der Waals surface area contributed by atoms with Gasteiger partial charge in [0.15, 0.2) is 0 Å². The van der Waals surface area contributed by atoms with Gasteiger partial charge in [-0.3, -0.25) is 0 Å². The van der Waals surface area contributed by atoms with E-state index >= 15 is 0 Å². The molecule has 1 heterocycles. The summed E-state index contributed by atoms with van der Waals surface area (Å²) in [6.45, 7) is 1.95. The molecule has 19 heavy (non-hydrogen) atoms. The number of halogens is 1. The second-order valence-electron chi connectivity index (χ2n) is 4.83. The Labute approximate surface area is 122 Å². The SMILES string of the molecule is CN(CC1CCCOC1)S(=O)(=O)c1cccc(Br)c1. The smallest absolute Gasteiger partial charge is 0.242 e. The van der Waals surface area contributed by atoms with Gasteiger partial charge >= 0.3 is 0 Å². The summed E-state index contributed by atoms with van der Waals surface area (Å²) in [6.07, 6.45) is 2.04. The van der Waals surface area contributed by atoms with Crippen LogP contribution in [-0.4, -0.2) is 39.5 Å². The summed E-state index contributed by atoms with van der Waals surface area (Å²) in [6, 6.07) is 6.79. The van der Waals surface area contributed by atoms with Crippen molar-refractivity contribution >= 4 is 26.0 Å². The Morgan fingerprint density at radius 1 is 1.47 bits per heavy atom. The lowest BCUT2D eigenvalue weighted by molar-refractivity contribution is 0.0495. The van der Waals surface area contributed by atoms with E-state index in [4.69, 9.17) is 4.74 Å². The third-order valence-electron chi connectivity index (χ3n) is 3.27. The summed E-state index contributed by atoms with van der Waals surface area (Å²) in [7, 11) is -1.78. The fourth-order valence-corrected chi connectivity index (χ4v) is 4.06. The van der Waals surface area contributed by atoms with Crippen molar-refractivity contribution in [3.05, 3.63) is 28.7 Å². The molecule has 1 atom stereocenters. The molecule has 0 radical (unpaired) electrons. The van der Waals surface area contributed by atoms with E-state index in [0.717, 1.165) is 23.9 Å². The van der Waals surface area contributed by atoms with Crippen LogP contribution in [0.2, 0.25) is 0 Å². The average molecular weight is 348 g/mol. The normalized spacial score (nSPS) is 20.7. The summed E-state index contributed by atoms with van der Waals surface area (Å²) < 4.78 is 32.4. The lowest BCUT2D eigenvalue weighted by Crippen LogP contribution is -2.35. The first-order valence-corrected chi connectivity index (χ1v) is 8.53. The molecular formula is C13H18BrNO3S. The van der Waals surface area contributed by atoms with Crippen molar-refractivity contribution < 1.29 is 13.2 Å². The van der Waals surface area contributed by atoms with Crippen LogP contribution in [0.1, 0.15) is 12.8 Å². The molecule has 2 rings (SSSR count). The van der Waals surface area contributed by atoms with Gasteiger partial charge in [0.25, 0.3) is 0 Å². The van der Waals surface area contributed by atoms with Gasteiger partial charge in [0.1, 0.15) is 0 Å². The Morgan fingerprint density at radius 2 is 2.26 bits per heavy atom. The molecule has 6 heteroatoms. The molecule has 0 saturated carbocycles. The maximum absolute atomic E-state index is 12.4. The highest BCUT2D eigenvalue weighted by atomic mass is 79.9. The molecule has 1 fully saturated rings. The molecular weight excluding hydrogens is 330 g/mol. The first-order valence-electron chi connectivity index (χ1n) is 6.30. The second-order valence-corrected chi connectivity index (χ2v) is 7.79. The van der Waals surface area contributed by atoms with Gasteiger partial charge in [-0.25, -0.2) is 12.7 Å². The Bertz CT molecular complexity index is 526. The zero-order valence-corrected chi connectivity index (χ0v) is 13.3. The van der Waals surface area contributed by atoms with Crippen LogP contribution in [0.15, 0.2) is 33.6 Å². The highest BCUT2D eigenvalue weighted by molar-refractivity contribution is 9.10. The monoisotopic (exact) mass is 347 g/mol. The Morgan fingerprint density at radius 3 is 2.89 bits per heavy atom. The van der Waals surface area contributed by atoms with Gasteiger partial charge < -0.3 is 4.74 Å². The van der Waals surface area contributed by atoms with E-state index in [-0.39, 0.29) is 0 Å². The maximum atomic E-state index is 12.4. The molecule has 0 bridgehead atoms.